The Balaban J connectivity index is 2.20. The molecule has 1 aliphatic rings. The molecular formula is C12H15BrN2O3S. The molecule has 0 bridgehead atoms. The van der Waals surface area contributed by atoms with Gasteiger partial charge in [-0.2, -0.15) is 4.31 Å². The van der Waals surface area contributed by atoms with Gasteiger partial charge in [0.05, 0.1) is 10.8 Å². The van der Waals surface area contributed by atoms with Gasteiger partial charge in [0, 0.05) is 18.4 Å². The molecule has 19 heavy (non-hydrogen) atoms. The normalized spacial score (nSPS) is 20.6. The summed E-state index contributed by atoms with van der Waals surface area (Å²) in [5.41, 5.74) is 6.22. The zero-order chi connectivity index (χ0) is 14.0. The summed E-state index contributed by atoms with van der Waals surface area (Å²) in [4.78, 5) is 11.3. The Kier molecular flexibility index (Phi) is 4.27. The van der Waals surface area contributed by atoms with Crippen molar-refractivity contribution in [3.05, 3.63) is 29.8 Å². The van der Waals surface area contributed by atoms with Crippen molar-refractivity contribution in [2.24, 2.45) is 11.7 Å². The predicted molar refractivity (Wildman–Crippen MR) is 75.1 cm³/mol. The smallest absolute Gasteiger partial charge is 0.243 e. The zero-order valence-electron chi connectivity index (χ0n) is 10.3. The number of hydrogen-bond donors (Lipinski definition) is 1. The first-order valence-corrected chi connectivity index (χ1v) is 8.45. The van der Waals surface area contributed by atoms with Gasteiger partial charge in [0.1, 0.15) is 0 Å². The number of alkyl halides is 1. The molecule has 1 heterocycles. The first-order chi connectivity index (χ1) is 8.95. The maximum Gasteiger partial charge on any atom is 0.243 e. The van der Waals surface area contributed by atoms with E-state index < -0.39 is 15.9 Å². The molecule has 0 spiro atoms. The largest absolute Gasteiger partial charge is 0.369 e. The van der Waals surface area contributed by atoms with Gasteiger partial charge < -0.3 is 5.73 Å². The minimum atomic E-state index is -3.52. The molecule has 1 fully saturated rings. The van der Waals surface area contributed by atoms with Crippen molar-refractivity contribution in [3.63, 3.8) is 0 Å². The van der Waals surface area contributed by atoms with Gasteiger partial charge in [0.15, 0.2) is 0 Å². The molecule has 0 aliphatic carbocycles. The van der Waals surface area contributed by atoms with Crippen molar-refractivity contribution >= 4 is 31.9 Å². The molecule has 7 heteroatoms. The molecule has 1 atom stereocenters. The lowest BCUT2D eigenvalue weighted by molar-refractivity contribution is -0.121. The lowest BCUT2D eigenvalue weighted by Crippen LogP contribution is -2.31. The van der Waals surface area contributed by atoms with Crippen LogP contribution in [0.3, 0.4) is 0 Å². The van der Waals surface area contributed by atoms with Gasteiger partial charge in [-0.1, -0.05) is 28.1 Å². The summed E-state index contributed by atoms with van der Waals surface area (Å²) in [5, 5.41) is 0.681. The molecule has 0 radical (unpaired) electrons. The third kappa shape index (κ3) is 2.98. The van der Waals surface area contributed by atoms with Crippen LogP contribution >= 0.6 is 15.9 Å². The number of nitrogens with two attached hydrogens (primary N) is 1. The quantitative estimate of drug-likeness (QED) is 0.828. The average Bonchev–Trinajstić information content (AvgIpc) is 2.89. The van der Waals surface area contributed by atoms with Gasteiger partial charge in [0.25, 0.3) is 0 Å². The summed E-state index contributed by atoms with van der Waals surface area (Å²) in [5.74, 6) is -0.816. The number of halogens is 1. The Bertz CT molecular complexity index is 571. The third-order valence-electron chi connectivity index (χ3n) is 3.27. The fourth-order valence-corrected chi connectivity index (χ4v) is 3.95. The Labute approximate surface area is 121 Å². The highest BCUT2D eigenvalue weighted by atomic mass is 79.9. The molecule has 1 aliphatic heterocycles. The second-order valence-electron chi connectivity index (χ2n) is 4.53. The molecule has 1 aromatic rings. The first-order valence-electron chi connectivity index (χ1n) is 5.89. The van der Waals surface area contributed by atoms with Crippen LogP contribution in [0.4, 0.5) is 0 Å². The fourth-order valence-electron chi connectivity index (χ4n) is 2.08. The minimum absolute atomic E-state index is 0.178. The van der Waals surface area contributed by atoms with E-state index in [2.05, 4.69) is 15.9 Å². The lowest BCUT2D eigenvalue weighted by atomic mass is 10.1. The van der Waals surface area contributed by atoms with E-state index in [0.717, 1.165) is 5.56 Å². The molecule has 1 aromatic carbocycles. The Morgan fingerprint density at radius 3 is 2.47 bits per heavy atom. The van der Waals surface area contributed by atoms with E-state index in [1.165, 1.54) is 4.31 Å². The number of hydrogen-bond acceptors (Lipinski definition) is 3. The number of benzene rings is 1. The van der Waals surface area contributed by atoms with Crippen LogP contribution in [0.2, 0.25) is 0 Å². The van der Waals surface area contributed by atoms with Gasteiger partial charge in [-0.3, -0.25) is 4.79 Å². The molecule has 0 aromatic heterocycles. The van der Waals surface area contributed by atoms with Crippen molar-refractivity contribution in [3.8, 4) is 0 Å². The highest BCUT2D eigenvalue weighted by molar-refractivity contribution is 9.08. The van der Waals surface area contributed by atoms with Gasteiger partial charge >= 0.3 is 0 Å². The third-order valence-corrected chi connectivity index (χ3v) is 5.80. The van der Waals surface area contributed by atoms with Crippen LogP contribution in [0.15, 0.2) is 29.2 Å². The first kappa shape index (κ1) is 14.5. The van der Waals surface area contributed by atoms with E-state index in [4.69, 9.17) is 5.73 Å². The number of rotatable bonds is 4. The van der Waals surface area contributed by atoms with Crippen LogP contribution in [-0.2, 0) is 20.1 Å². The van der Waals surface area contributed by atoms with Crippen LogP contribution in [0.5, 0.6) is 0 Å². The summed E-state index contributed by atoms with van der Waals surface area (Å²) in [6.07, 6.45) is 0.494. The van der Waals surface area contributed by atoms with Crippen molar-refractivity contribution in [2.75, 3.05) is 13.1 Å². The molecule has 0 saturated carbocycles. The van der Waals surface area contributed by atoms with E-state index in [0.29, 0.717) is 18.3 Å². The average molecular weight is 347 g/mol. The maximum atomic E-state index is 12.4. The number of amides is 1. The highest BCUT2D eigenvalue weighted by Crippen LogP contribution is 2.24. The van der Waals surface area contributed by atoms with Crippen LogP contribution in [0.1, 0.15) is 12.0 Å². The van der Waals surface area contributed by atoms with Crippen LogP contribution in [-0.4, -0.2) is 31.7 Å². The van der Waals surface area contributed by atoms with E-state index in [-0.39, 0.29) is 17.4 Å². The number of carbonyl (C=O) groups excluding carboxylic acids is 1. The molecule has 2 rings (SSSR count). The summed E-state index contributed by atoms with van der Waals surface area (Å²) in [6.45, 7) is 0.522. The standard InChI is InChI=1S/C12H15BrN2O3S/c13-7-9-1-3-11(4-2-9)19(17,18)15-6-5-10(8-15)12(14)16/h1-4,10H,5-8H2,(H2,14,16). The van der Waals surface area contributed by atoms with Crippen molar-refractivity contribution < 1.29 is 13.2 Å². The van der Waals surface area contributed by atoms with Gasteiger partial charge in [0.2, 0.25) is 15.9 Å². The van der Waals surface area contributed by atoms with E-state index in [9.17, 15) is 13.2 Å². The monoisotopic (exact) mass is 346 g/mol. The van der Waals surface area contributed by atoms with E-state index in [1.54, 1.807) is 24.3 Å². The maximum absolute atomic E-state index is 12.4. The molecule has 1 amide bonds. The number of nitrogens with zero attached hydrogens (tertiary/aromatic N) is 1. The number of carbonyl (C=O) groups is 1. The Morgan fingerprint density at radius 1 is 1.37 bits per heavy atom. The van der Waals surface area contributed by atoms with Crippen LogP contribution in [0.25, 0.3) is 0 Å². The Morgan fingerprint density at radius 2 is 2.00 bits per heavy atom. The SMILES string of the molecule is NC(=O)C1CCN(S(=O)(=O)c2ccc(CBr)cc2)C1. The molecule has 1 saturated heterocycles. The second-order valence-corrected chi connectivity index (χ2v) is 7.03. The summed E-state index contributed by atoms with van der Waals surface area (Å²) in [6, 6.07) is 6.71. The summed E-state index contributed by atoms with van der Waals surface area (Å²) in [7, 11) is -3.52. The van der Waals surface area contributed by atoms with Crippen molar-refractivity contribution in [1.82, 2.24) is 4.31 Å². The molecule has 2 N–H and O–H groups in total. The molecular weight excluding hydrogens is 332 g/mol. The molecule has 1 unspecified atom stereocenters. The lowest BCUT2D eigenvalue weighted by Gasteiger charge is -2.16. The second kappa shape index (κ2) is 5.60. The minimum Gasteiger partial charge on any atom is -0.369 e. The van der Waals surface area contributed by atoms with E-state index in [1.807, 2.05) is 0 Å². The topological polar surface area (TPSA) is 80.5 Å². The van der Waals surface area contributed by atoms with Gasteiger partial charge in [-0.25, -0.2) is 8.42 Å². The summed E-state index contributed by atoms with van der Waals surface area (Å²) < 4.78 is 26.1. The van der Waals surface area contributed by atoms with Crippen LogP contribution in [0, 0.1) is 5.92 Å². The van der Waals surface area contributed by atoms with E-state index >= 15 is 0 Å². The predicted octanol–water partition coefficient (Wildman–Crippen LogP) is 1.08. The zero-order valence-corrected chi connectivity index (χ0v) is 12.7. The van der Waals surface area contributed by atoms with Crippen molar-refractivity contribution in [2.45, 2.75) is 16.6 Å². The fraction of sp³-hybridized carbons (Fsp3) is 0.417. The van der Waals surface area contributed by atoms with Gasteiger partial charge in [-0.15, -0.1) is 0 Å². The molecule has 5 nitrogen and oxygen atoms in total. The number of primary amides is 1. The number of sulfonamides is 1. The Hall–Kier alpha value is -0.920. The van der Waals surface area contributed by atoms with Gasteiger partial charge in [-0.05, 0) is 24.1 Å². The summed E-state index contributed by atoms with van der Waals surface area (Å²) >= 11 is 3.31. The molecule has 104 valence electrons. The van der Waals surface area contributed by atoms with Crippen LogP contribution < -0.4 is 5.73 Å². The van der Waals surface area contributed by atoms with Crippen molar-refractivity contribution in [1.29, 1.82) is 0 Å². The highest BCUT2D eigenvalue weighted by Gasteiger charge is 2.34.